The first-order valence-electron chi connectivity index (χ1n) is 8.19. The average molecular weight is 288 g/mol. The lowest BCUT2D eigenvalue weighted by atomic mass is 9.80. The molecule has 21 heavy (non-hydrogen) atoms. The zero-order valence-electron chi connectivity index (χ0n) is 13.5. The summed E-state index contributed by atoms with van der Waals surface area (Å²) in [7, 11) is 0. The number of carbonyl (C=O) groups excluding carboxylic acids is 1. The standard InChI is InChI=1S/C18H28N2O/c1-4-19-18(21)12-15-5-7-16(8-6-15)20-17-10-13(2)9-14(3)11-17/h5-8,13-14,17,20H,4,9-12H2,1-3H3,(H,19,21). The third kappa shape index (κ3) is 5.07. The second-order valence-corrected chi connectivity index (χ2v) is 6.59. The number of anilines is 1. The monoisotopic (exact) mass is 288 g/mol. The van der Waals surface area contributed by atoms with Crippen LogP contribution in [0.1, 0.15) is 45.6 Å². The van der Waals surface area contributed by atoms with E-state index in [2.05, 4.69) is 36.6 Å². The Labute approximate surface area is 128 Å². The van der Waals surface area contributed by atoms with Crippen molar-refractivity contribution in [3.05, 3.63) is 29.8 Å². The topological polar surface area (TPSA) is 41.1 Å². The highest BCUT2D eigenvalue weighted by Crippen LogP contribution is 2.30. The third-order valence-electron chi connectivity index (χ3n) is 4.24. The summed E-state index contributed by atoms with van der Waals surface area (Å²) in [6, 6.07) is 8.87. The molecular formula is C18H28N2O. The summed E-state index contributed by atoms with van der Waals surface area (Å²) >= 11 is 0. The van der Waals surface area contributed by atoms with Gasteiger partial charge in [-0.25, -0.2) is 0 Å². The van der Waals surface area contributed by atoms with E-state index in [-0.39, 0.29) is 5.91 Å². The predicted octanol–water partition coefficient (Wildman–Crippen LogP) is 3.60. The van der Waals surface area contributed by atoms with Gasteiger partial charge in [-0.3, -0.25) is 4.79 Å². The van der Waals surface area contributed by atoms with Gasteiger partial charge in [-0.15, -0.1) is 0 Å². The Balaban J connectivity index is 1.88. The summed E-state index contributed by atoms with van der Waals surface area (Å²) in [6.45, 7) is 7.33. The van der Waals surface area contributed by atoms with Crippen LogP contribution in [-0.2, 0) is 11.2 Å². The van der Waals surface area contributed by atoms with Gasteiger partial charge in [0, 0.05) is 18.3 Å². The number of likely N-dealkylation sites (N-methyl/N-ethyl adjacent to an activating group) is 1. The summed E-state index contributed by atoms with van der Waals surface area (Å²) in [4.78, 5) is 11.6. The normalized spacial score (nSPS) is 25.4. The first-order chi connectivity index (χ1) is 10.1. The Hall–Kier alpha value is -1.51. The molecule has 1 saturated carbocycles. The molecule has 2 N–H and O–H groups in total. The summed E-state index contributed by atoms with van der Waals surface area (Å²) in [5.41, 5.74) is 2.23. The molecule has 0 aromatic heterocycles. The van der Waals surface area contributed by atoms with Gasteiger partial charge >= 0.3 is 0 Å². The quantitative estimate of drug-likeness (QED) is 0.869. The van der Waals surface area contributed by atoms with Crippen LogP contribution in [0.25, 0.3) is 0 Å². The van der Waals surface area contributed by atoms with E-state index in [1.807, 2.05) is 19.1 Å². The fourth-order valence-corrected chi connectivity index (χ4v) is 3.46. The molecule has 0 radical (unpaired) electrons. The summed E-state index contributed by atoms with van der Waals surface area (Å²) in [6.07, 6.45) is 4.32. The lowest BCUT2D eigenvalue weighted by Gasteiger charge is -2.32. The predicted molar refractivity (Wildman–Crippen MR) is 88.4 cm³/mol. The first-order valence-corrected chi connectivity index (χ1v) is 8.19. The van der Waals surface area contributed by atoms with Crippen LogP contribution in [0.5, 0.6) is 0 Å². The second-order valence-electron chi connectivity index (χ2n) is 6.59. The largest absolute Gasteiger partial charge is 0.382 e. The molecule has 2 rings (SSSR count). The molecular weight excluding hydrogens is 260 g/mol. The van der Waals surface area contributed by atoms with Gasteiger partial charge in [-0.1, -0.05) is 26.0 Å². The minimum atomic E-state index is 0.0909. The number of benzene rings is 1. The van der Waals surface area contributed by atoms with Crippen LogP contribution in [0.2, 0.25) is 0 Å². The molecule has 0 saturated heterocycles. The number of carbonyl (C=O) groups is 1. The van der Waals surface area contributed by atoms with Crippen LogP contribution in [0.15, 0.2) is 24.3 Å². The van der Waals surface area contributed by atoms with Crippen LogP contribution in [0.3, 0.4) is 0 Å². The lowest BCUT2D eigenvalue weighted by Crippen LogP contribution is -2.30. The van der Waals surface area contributed by atoms with E-state index in [0.717, 1.165) is 17.4 Å². The Morgan fingerprint density at radius 2 is 1.71 bits per heavy atom. The highest BCUT2D eigenvalue weighted by Gasteiger charge is 2.23. The van der Waals surface area contributed by atoms with E-state index in [4.69, 9.17) is 0 Å². The molecule has 1 aromatic carbocycles. The van der Waals surface area contributed by atoms with Crippen LogP contribution >= 0.6 is 0 Å². The Morgan fingerprint density at radius 3 is 2.29 bits per heavy atom. The lowest BCUT2D eigenvalue weighted by molar-refractivity contribution is -0.120. The average Bonchev–Trinajstić information content (AvgIpc) is 2.40. The van der Waals surface area contributed by atoms with Gasteiger partial charge in [0.1, 0.15) is 0 Å². The SMILES string of the molecule is CCNC(=O)Cc1ccc(NC2CC(C)CC(C)C2)cc1. The van der Waals surface area contributed by atoms with Crippen molar-refractivity contribution < 1.29 is 4.79 Å². The molecule has 1 fully saturated rings. The van der Waals surface area contributed by atoms with Crippen molar-refractivity contribution in [3.63, 3.8) is 0 Å². The van der Waals surface area contributed by atoms with Crippen molar-refractivity contribution in [1.82, 2.24) is 5.32 Å². The molecule has 3 nitrogen and oxygen atoms in total. The van der Waals surface area contributed by atoms with E-state index in [1.165, 1.54) is 24.9 Å². The van der Waals surface area contributed by atoms with Crippen molar-refractivity contribution in [1.29, 1.82) is 0 Å². The van der Waals surface area contributed by atoms with Crippen molar-refractivity contribution in [3.8, 4) is 0 Å². The van der Waals surface area contributed by atoms with Crippen molar-refractivity contribution in [2.24, 2.45) is 11.8 Å². The van der Waals surface area contributed by atoms with Gasteiger partial charge in [0.15, 0.2) is 0 Å². The number of hydrogen-bond donors (Lipinski definition) is 2. The maximum absolute atomic E-state index is 11.6. The highest BCUT2D eigenvalue weighted by molar-refractivity contribution is 5.78. The van der Waals surface area contributed by atoms with Crippen LogP contribution in [-0.4, -0.2) is 18.5 Å². The maximum atomic E-state index is 11.6. The highest BCUT2D eigenvalue weighted by atomic mass is 16.1. The molecule has 0 bridgehead atoms. The van der Waals surface area contributed by atoms with Gasteiger partial charge in [0.25, 0.3) is 0 Å². The number of rotatable bonds is 5. The molecule has 3 heteroatoms. The van der Waals surface area contributed by atoms with Gasteiger partial charge in [-0.2, -0.15) is 0 Å². The zero-order chi connectivity index (χ0) is 15.2. The molecule has 0 spiro atoms. The maximum Gasteiger partial charge on any atom is 0.224 e. The Morgan fingerprint density at radius 1 is 1.10 bits per heavy atom. The summed E-state index contributed by atoms with van der Waals surface area (Å²) in [5, 5.41) is 6.48. The fourth-order valence-electron chi connectivity index (χ4n) is 3.46. The van der Waals surface area contributed by atoms with E-state index >= 15 is 0 Å². The molecule has 2 unspecified atom stereocenters. The fraction of sp³-hybridized carbons (Fsp3) is 0.611. The minimum absolute atomic E-state index is 0.0909. The number of nitrogens with one attached hydrogen (secondary N) is 2. The summed E-state index contributed by atoms with van der Waals surface area (Å²) < 4.78 is 0. The Kier molecular flexibility index (Phi) is 5.66. The van der Waals surface area contributed by atoms with Gasteiger partial charge < -0.3 is 10.6 Å². The smallest absolute Gasteiger partial charge is 0.224 e. The molecule has 0 aliphatic heterocycles. The molecule has 2 atom stereocenters. The van der Waals surface area contributed by atoms with Crippen LogP contribution < -0.4 is 10.6 Å². The molecule has 0 heterocycles. The summed E-state index contributed by atoms with van der Waals surface area (Å²) in [5.74, 6) is 1.71. The first kappa shape index (κ1) is 15.9. The molecule has 1 amide bonds. The second kappa shape index (κ2) is 7.48. The van der Waals surface area contributed by atoms with E-state index in [9.17, 15) is 4.79 Å². The van der Waals surface area contributed by atoms with E-state index in [1.54, 1.807) is 0 Å². The Bertz CT molecular complexity index is 445. The molecule has 1 aromatic rings. The molecule has 1 aliphatic rings. The van der Waals surface area contributed by atoms with Gasteiger partial charge in [0.05, 0.1) is 6.42 Å². The zero-order valence-corrected chi connectivity index (χ0v) is 13.5. The van der Waals surface area contributed by atoms with Gasteiger partial charge in [0.2, 0.25) is 5.91 Å². The third-order valence-corrected chi connectivity index (χ3v) is 4.24. The van der Waals surface area contributed by atoms with Crippen molar-refractivity contribution in [2.45, 2.75) is 52.5 Å². The van der Waals surface area contributed by atoms with Crippen molar-refractivity contribution >= 4 is 11.6 Å². The van der Waals surface area contributed by atoms with Crippen LogP contribution in [0.4, 0.5) is 5.69 Å². The number of hydrogen-bond acceptors (Lipinski definition) is 2. The van der Waals surface area contributed by atoms with Gasteiger partial charge in [-0.05, 0) is 55.7 Å². The van der Waals surface area contributed by atoms with E-state index < -0.39 is 0 Å². The van der Waals surface area contributed by atoms with Crippen LogP contribution in [0, 0.1) is 11.8 Å². The minimum Gasteiger partial charge on any atom is -0.382 e. The number of amides is 1. The molecule has 116 valence electrons. The molecule has 1 aliphatic carbocycles. The van der Waals surface area contributed by atoms with E-state index in [0.29, 0.717) is 19.0 Å². The van der Waals surface area contributed by atoms with Crippen molar-refractivity contribution in [2.75, 3.05) is 11.9 Å².